The molecule has 0 amide bonds. The molecule has 0 N–H and O–H groups in total. The first-order chi connectivity index (χ1) is 36.2. The Hall–Kier alpha value is -8.89. The number of nitrogens with zero attached hydrogens (tertiary/aromatic N) is 1. The fourth-order valence-corrected chi connectivity index (χ4v) is 14.6. The molecule has 0 saturated heterocycles. The zero-order valence-electron chi connectivity index (χ0n) is 39.6. The Morgan fingerprint density at radius 2 is 0.726 bits per heavy atom. The van der Waals surface area contributed by atoms with Crippen molar-refractivity contribution in [3.63, 3.8) is 0 Å². The van der Waals surface area contributed by atoms with E-state index in [2.05, 4.69) is 266 Å². The van der Waals surface area contributed by atoms with Gasteiger partial charge in [-0.3, -0.25) is 0 Å². The quantitative estimate of drug-likeness (QED) is 0.163. The van der Waals surface area contributed by atoms with Crippen LogP contribution in [0.25, 0.3) is 54.9 Å². The minimum absolute atomic E-state index is 0.517. The molecule has 2 nitrogen and oxygen atoms in total. The third-order valence-corrected chi connectivity index (χ3v) is 17.5. The molecule has 2 heterocycles. The highest BCUT2D eigenvalue weighted by atomic mass is 32.2. The predicted octanol–water partition coefficient (Wildman–Crippen LogP) is 18.4. The lowest BCUT2D eigenvalue weighted by Gasteiger charge is -2.40. The molecule has 0 unspecified atom stereocenters. The van der Waals surface area contributed by atoms with E-state index in [0.717, 1.165) is 39.7 Å². The number of para-hydroxylation sites is 2. The Balaban J connectivity index is 0.936. The SMILES string of the molecule is c1ccc2c(c1)Oc1ccccc1C21c2ccccc2-c2ccc(N(c3ccc(-c4ccc5c(ccc6ccccc65)c4)cc3)c3ccc4c(c3)C3(c5ccccc5Sc5ccccc53)c3ccccc3-4)cc21. The van der Waals surface area contributed by atoms with Crippen LogP contribution in [-0.2, 0) is 10.8 Å². The largest absolute Gasteiger partial charge is 0.457 e. The van der Waals surface area contributed by atoms with Crippen LogP contribution in [0.3, 0.4) is 0 Å². The van der Waals surface area contributed by atoms with Gasteiger partial charge in [0, 0.05) is 38.0 Å². The van der Waals surface area contributed by atoms with Crippen LogP contribution in [0.1, 0.15) is 44.5 Å². The highest BCUT2D eigenvalue weighted by molar-refractivity contribution is 7.99. The molecule has 0 radical (unpaired) electrons. The third-order valence-electron chi connectivity index (χ3n) is 16.4. The van der Waals surface area contributed by atoms with Crippen molar-refractivity contribution in [3.05, 3.63) is 305 Å². The van der Waals surface area contributed by atoms with E-state index < -0.39 is 10.8 Å². The maximum atomic E-state index is 6.76. The van der Waals surface area contributed by atoms with Gasteiger partial charge in [-0.15, -0.1) is 0 Å². The molecule has 2 aliphatic heterocycles. The number of anilines is 3. The Kier molecular flexibility index (Phi) is 8.56. The van der Waals surface area contributed by atoms with Crippen molar-refractivity contribution in [2.45, 2.75) is 20.6 Å². The molecular weight excluding hydrogens is 903 g/mol. The molecule has 2 spiro atoms. The number of hydrogen-bond donors (Lipinski definition) is 0. The Morgan fingerprint density at radius 1 is 0.288 bits per heavy atom. The second kappa shape index (κ2) is 15.3. The summed E-state index contributed by atoms with van der Waals surface area (Å²) in [5.41, 5.74) is 19.7. The van der Waals surface area contributed by atoms with Gasteiger partial charge in [-0.05, 0) is 155 Å². The summed E-state index contributed by atoms with van der Waals surface area (Å²) >= 11 is 1.88. The zero-order valence-corrected chi connectivity index (χ0v) is 40.4. The monoisotopic (exact) mass is 945 g/mol. The van der Waals surface area contributed by atoms with Gasteiger partial charge in [0.1, 0.15) is 11.5 Å². The summed E-state index contributed by atoms with van der Waals surface area (Å²) in [6.07, 6.45) is 0. The first-order valence-electron chi connectivity index (χ1n) is 25.2. The Morgan fingerprint density at radius 3 is 1.34 bits per heavy atom. The molecule has 0 atom stereocenters. The highest BCUT2D eigenvalue weighted by Crippen LogP contribution is 2.65. The molecule has 0 saturated carbocycles. The van der Waals surface area contributed by atoms with E-state index in [9.17, 15) is 0 Å². The van der Waals surface area contributed by atoms with Crippen molar-refractivity contribution in [2.24, 2.45) is 0 Å². The van der Waals surface area contributed by atoms with Crippen LogP contribution in [0, 0.1) is 0 Å². The molecule has 73 heavy (non-hydrogen) atoms. The molecule has 3 heteroatoms. The number of ether oxygens (including phenoxy) is 1. The maximum absolute atomic E-state index is 6.76. The average molecular weight is 946 g/mol. The summed E-state index contributed by atoms with van der Waals surface area (Å²) in [6.45, 7) is 0. The van der Waals surface area contributed by atoms with Gasteiger partial charge < -0.3 is 9.64 Å². The smallest absolute Gasteiger partial charge is 0.132 e. The summed E-state index contributed by atoms with van der Waals surface area (Å²) in [5.74, 6) is 1.77. The normalized spacial score (nSPS) is 14.3. The molecule has 0 bridgehead atoms. The fraction of sp³-hybridized carbons (Fsp3) is 0.0286. The van der Waals surface area contributed by atoms with Gasteiger partial charge in [0.2, 0.25) is 0 Å². The topological polar surface area (TPSA) is 12.5 Å². The second-order valence-corrected chi connectivity index (χ2v) is 20.9. The van der Waals surface area contributed by atoms with Crippen LogP contribution in [0.5, 0.6) is 11.5 Å². The molecule has 12 aromatic rings. The minimum Gasteiger partial charge on any atom is -0.457 e. The number of benzene rings is 12. The van der Waals surface area contributed by atoms with E-state index in [1.165, 1.54) is 98.1 Å². The molecule has 0 fully saturated rings. The van der Waals surface area contributed by atoms with E-state index in [4.69, 9.17) is 4.74 Å². The lowest BCUT2D eigenvalue weighted by molar-refractivity contribution is 0.436. The fourth-order valence-electron chi connectivity index (χ4n) is 13.4. The van der Waals surface area contributed by atoms with Crippen molar-refractivity contribution in [1.82, 2.24) is 0 Å². The first-order valence-corrected chi connectivity index (χ1v) is 26.0. The summed E-state index contributed by atoms with van der Waals surface area (Å²) in [6, 6.07) is 97.3. The molecular formula is C70H43NOS. The zero-order chi connectivity index (χ0) is 47.8. The molecule has 2 aliphatic carbocycles. The Bertz CT molecular complexity index is 4010. The number of fused-ring (bicyclic) bond motifs is 21. The van der Waals surface area contributed by atoms with Gasteiger partial charge in [-0.2, -0.15) is 0 Å². The molecule has 16 rings (SSSR count). The van der Waals surface area contributed by atoms with Crippen LogP contribution in [-0.4, -0.2) is 0 Å². The molecule has 0 aromatic heterocycles. The van der Waals surface area contributed by atoms with E-state index in [1.54, 1.807) is 0 Å². The predicted molar refractivity (Wildman–Crippen MR) is 300 cm³/mol. The third kappa shape index (κ3) is 5.55. The number of hydrogen-bond acceptors (Lipinski definition) is 3. The van der Waals surface area contributed by atoms with Crippen molar-refractivity contribution >= 4 is 50.4 Å². The van der Waals surface area contributed by atoms with Crippen molar-refractivity contribution in [1.29, 1.82) is 0 Å². The van der Waals surface area contributed by atoms with Crippen LogP contribution in [0.15, 0.2) is 271 Å². The van der Waals surface area contributed by atoms with Crippen LogP contribution >= 0.6 is 11.8 Å². The second-order valence-electron chi connectivity index (χ2n) is 19.8. The molecule has 340 valence electrons. The van der Waals surface area contributed by atoms with Crippen LogP contribution < -0.4 is 9.64 Å². The summed E-state index contributed by atoms with van der Waals surface area (Å²) in [4.78, 5) is 5.09. The van der Waals surface area contributed by atoms with Crippen molar-refractivity contribution in [3.8, 4) is 44.9 Å². The van der Waals surface area contributed by atoms with E-state index in [1.807, 2.05) is 11.8 Å². The minimum atomic E-state index is -0.610. The van der Waals surface area contributed by atoms with Gasteiger partial charge in [-0.25, -0.2) is 0 Å². The van der Waals surface area contributed by atoms with Crippen molar-refractivity contribution < 1.29 is 4.74 Å². The van der Waals surface area contributed by atoms with Crippen LogP contribution in [0.2, 0.25) is 0 Å². The maximum Gasteiger partial charge on any atom is 0.132 e. The van der Waals surface area contributed by atoms with E-state index in [0.29, 0.717) is 0 Å². The van der Waals surface area contributed by atoms with Gasteiger partial charge in [-0.1, -0.05) is 206 Å². The van der Waals surface area contributed by atoms with E-state index >= 15 is 0 Å². The van der Waals surface area contributed by atoms with Gasteiger partial charge in [0.05, 0.1) is 10.8 Å². The highest BCUT2D eigenvalue weighted by Gasteiger charge is 2.52. The number of rotatable bonds is 4. The van der Waals surface area contributed by atoms with Gasteiger partial charge >= 0.3 is 0 Å². The van der Waals surface area contributed by atoms with Gasteiger partial charge in [0.15, 0.2) is 0 Å². The lowest BCUT2D eigenvalue weighted by atomic mass is 9.66. The van der Waals surface area contributed by atoms with Crippen LogP contribution in [0.4, 0.5) is 17.1 Å². The molecule has 4 aliphatic rings. The van der Waals surface area contributed by atoms with E-state index in [-0.39, 0.29) is 0 Å². The molecule has 12 aromatic carbocycles. The van der Waals surface area contributed by atoms with Gasteiger partial charge in [0.25, 0.3) is 0 Å². The summed E-state index contributed by atoms with van der Waals surface area (Å²) in [5, 5.41) is 5.05. The van der Waals surface area contributed by atoms with Crippen molar-refractivity contribution in [2.75, 3.05) is 4.90 Å². The first kappa shape index (κ1) is 40.8. The lowest BCUT2D eigenvalue weighted by Crippen LogP contribution is -2.32. The summed E-state index contributed by atoms with van der Waals surface area (Å²) < 4.78 is 6.76. The summed E-state index contributed by atoms with van der Waals surface area (Å²) in [7, 11) is 0. The average Bonchev–Trinajstić information content (AvgIpc) is 3.90. The Labute approximate surface area is 428 Å². The standard InChI is InChI=1S/C70H43NOS/c1-2-16-51-45(15-1)29-30-47-41-46(33-38-52(47)51)44-31-34-48(35-32-44)71(49-36-39-55-53-17-3-5-19-57(53)69(63(55)42-49)59-21-7-11-25-65(59)72-66-26-12-8-22-60(66)69)50-37-40-56-54-18-4-6-20-58(54)70(64(56)43-50)61-23-9-13-27-67(61)73-68-28-14-10-24-62(68)70/h1-43H.